The van der Waals surface area contributed by atoms with Gasteiger partial charge in [-0.3, -0.25) is 4.79 Å². The van der Waals surface area contributed by atoms with Gasteiger partial charge in [0, 0.05) is 10.4 Å². The highest BCUT2D eigenvalue weighted by atomic mass is 35.5. The van der Waals surface area contributed by atoms with Gasteiger partial charge in [-0.2, -0.15) is 0 Å². The number of rotatable bonds is 2. The van der Waals surface area contributed by atoms with E-state index < -0.39 is 0 Å². The summed E-state index contributed by atoms with van der Waals surface area (Å²) in [7, 11) is 0. The molecule has 0 spiro atoms. The van der Waals surface area contributed by atoms with Crippen molar-refractivity contribution in [3.05, 3.63) is 83.9 Å². The van der Waals surface area contributed by atoms with Crippen molar-refractivity contribution in [2.45, 2.75) is 6.10 Å². The quantitative estimate of drug-likeness (QED) is 0.599. The summed E-state index contributed by atoms with van der Waals surface area (Å²) in [6.45, 7) is 4.07. The first-order valence-electron chi connectivity index (χ1n) is 8.05. The van der Waals surface area contributed by atoms with Crippen LogP contribution >= 0.6 is 11.6 Å². The van der Waals surface area contributed by atoms with Crippen LogP contribution in [0.15, 0.2) is 73.3 Å². The van der Waals surface area contributed by atoms with E-state index >= 15 is 0 Å². The van der Waals surface area contributed by atoms with Gasteiger partial charge in [-0.1, -0.05) is 60.6 Å². The highest BCUT2D eigenvalue weighted by molar-refractivity contribution is 6.30. The second-order valence-electron chi connectivity index (χ2n) is 5.94. The van der Waals surface area contributed by atoms with Crippen LogP contribution in [0.4, 0.5) is 5.69 Å². The molecule has 0 aliphatic carbocycles. The lowest BCUT2D eigenvalue weighted by Gasteiger charge is -2.35. The van der Waals surface area contributed by atoms with E-state index in [0.717, 1.165) is 22.0 Å². The maximum atomic E-state index is 12.5. The Balaban J connectivity index is 1.85. The molecule has 3 aromatic carbocycles. The second-order valence-corrected chi connectivity index (χ2v) is 6.38. The summed E-state index contributed by atoms with van der Waals surface area (Å²) in [5.41, 5.74) is 1.78. The molecule has 1 aliphatic heterocycles. The van der Waals surface area contributed by atoms with Crippen LogP contribution in [-0.4, -0.2) is 12.5 Å². The van der Waals surface area contributed by atoms with Crippen LogP contribution in [0.1, 0.15) is 11.7 Å². The van der Waals surface area contributed by atoms with E-state index in [9.17, 15) is 4.79 Å². The molecule has 25 heavy (non-hydrogen) atoms. The molecule has 0 N–H and O–H groups in total. The molecular weight excluding hydrogens is 334 g/mol. The average molecular weight is 350 g/mol. The minimum atomic E-state index is -0.255. The Bertz CT molecular complexity index is 965. The highest BCUT2D eigenvalue weighted by Gasteiger charge is 2.31. The molecule has 0 fully saturated rings. The molecule has 1 aliphatic rings. The number of nitrogens with zero attached hydrogens (tertiary/aromatic N) is 1. The van der Waals surface area contributed by atoms with Gasteiger partial charge in [0.05, 0.1) is 12.2 Å². The van der Waals surface area contributed by atoms with E-state index in [4.69, 9.17) is 16.3 Å². The summed E-state index contributed by atoms with van der Waals surface area (Å²) in [6, 6.07) is 19.4. The van der Waals surface area contributed by atoms with Crippen molar-refractivity contribution in [2.24, 2.45) is 0 Å². The second kappa shape index (κ2) is 6.26. The van der Waals surface area contributed by atoms with Crippen molar-refractivity contribution in [3.63, 3.8) is 0 Å². The summed E-state index contributed by atoms with van der Waals surface area (Å²) >= 11 is 5.98. The van der Waals surface area contributed by atoms with E-state index in [2.05, 4.69) is 6.58 Å². The zero-order chi connectivity index (χ0) is 17.4. The largest absolute Gasteiger partial charge is 0.482 e. The first kappa shape index (κ1) is 15.7. The van der Waals surface area contributed by atoms with Crippen LogP contribution < -0.4 is 9.64 Å². The van der Waals surface area contributed by atoms with Crippen molar-refractivity contribution >= 4 is 34.0 Å². The molecule has 4 rings (SSSR count). The molecule has 0 saturated carbocycles. The molecule has 1 unspecified atom stereocenters. The first-order valence-corrected chi connectivity index (χ1v) is 8.43. The van der Waals surface area contributed by atoms with Gasteiger partial charge in [0.2, 0.25) is 0 Å². The number of hydrogen-bond acceptors (Lipinski definition) is 2. The molecular formula is C21H16ClNO2. The lowest BCUT2D eigenvalue weighted by Crippen LogP contribution is -2.39. The van der Waals surface area contributed by atoms with Gasteiger partial charge in [0.15, 0.2) is 0 Å². The van der Waals surface area contributed by atoms with Gasteiger partial charge in [-0.15, -0.1) is 0 Å². The summed E-state index contributed by atoms with van der Waals surface area (Å²) in [5.74, 6) is 0.556. The monoisotopic (exact) mass is 349 g/mol. The molecule has 0 bridgehead atoms. The van der Waals surface area contributed by atoms with E-state index in [1.165, 1.54) is 6.08 Å². The first-order chi connectivity index (χ1) is 12.2. The molecule has 124 valence electrons. The number of hydrogen-bond donors (Lipinski definition) is 0. The predicted molar refractivity (Wildman–Crippen MR) is 101 cm³/mol. The molecule has 0 aromatic heterocycles. The number of carbonyl (C=O) groups excluding carboxylic acids is 1. The van der Waals surface area contributed by atoms with Crippen LogP contribution in [0.25, 0.3) is 10.8 Å². The Labute approximate surface area is 151 Å². The van der Waals surface area contributed by atoms with E-state index in [0.29, 0.717) is 17.3 Å². The van der Waals surface area contributed by atoms with E-state index in [1.54, 1.807) is 4.90 Å². The topological polar surface area (TPSA) is 29.5 Å². The highest BCUT2D eigenvalue weighted by Crippen LogP contribution is 2.43. The normalized spacial score (nSPS) is 16.2. The Morgan fingerprint density at radius 3 is 2.64 bits per heavy atom. The van der Waals surface area contributed by atoms with Gasteiger partial charge in [-0.05, 0) is 35.2 Å². The molecule has 1 amide bonds. The third-order valence-corrected chi connectivity index (χ3v) is 4.69. The van der Waals surface area contributed by atoms with Gasteiger partial charge in [0.1, 0.15) is 11.9 Å². The van der Waals surface area contributed by atoms with Crippen LogP contribution in [0.2, 0.25) is 5.02 Å². The van der Waals surface area contributed by atoms with Crippen LogP contribution in [0, 0.1) is 0 Å². The minimum Gasteiger partial charge on any atom is -0.482 e. The number of benzene rings is 3. The Kier molecular flexibility index (Phi) is 3.94. The number of carbonyl (C=O) groups is 1. The van der Waals surface area contributed by atoms with Gasteiger partial charge < -0.3 is 9.64 Å². The number of ether oxygens (including phenoxy) is 1. The number of amides is 1. The van der Waals surface area contributed by atoms with Crippen molar-refractivity contribution in [2.75, 3.05) is 11.4 Å². The lowest BCUT2D eigenvalue weighted by atomic mass is 10.0. The van der Waals surface area contributed by atoms with Gasteiger partial charge in [-0.25, -0.2) is 0 Å². The maximum Gasteiger partial charge on any atom is 0.250 e. The van der Waals surface area contributed by atoms with E-state index in [-0.39, 0.29) is 12.0 Å². The summed E-state index contributed by atoms with van der Waals surface area (Å²) in [4.78, 5) is 14.3. The third-order valence-electron chi connectivity index (χ3n) is 4.43. The smallest absolute Gasteiger partial charge is 0.250 e. The summed E-state index contributed by atoms with van der Waals surface area (Å²) in [5, 5.41) is 2.73. The molecule has 3 aromatic rings. The van der Waals surface area contributed by atoms with Crippen molar-refractivity contribution < 1.29 is 9.53 Å². The zero-order valence-corrected chi connectivity index (χ0v) is 14.2. The molecule has 1 atom stereocenters. The maximum absolute atomic E-state index is 12.5. The SMILES string of the molecule is C=CC(=O)N1CC(c2ccc(Cl)cc2)Oc2ccc3ccccc3c21. The predicted octanol–water partition coefficient (Wildman–Crippen LogP) is 5.15. The fourth-order valence-electron chi connectivity index (χ4n) is 3.22. The number of halogens is 1. The molecule has 1 heterocycles. The molecule has 0 radical (unpaired) electrons. The Morgan fingerprint density at radius 1 is 1.12 bits per heavy atom. The Morgan fingerprint density at radius 2 is 1.88 bits per heavy atom. The molecule has 3 nitrogen and oxygen atoms in total. The summed E-state index contributed by atoms with van der Waals surface area (Å²) < 4.78 is 6.22. The zero-order valence-electron chi connectivity index (χ0n) is 13.5. The van der Waals surface area contributed by atoms with Crippen LogP contribution in [0.5, 0.6) is 5.75 Å². The fourth-order valence-corrected chi connectivity index (χ4v) is 3.34. The Hall–Kier alpha value is -2.78. The molecule has 4 heteroatoms. The third kappa shape index (κ3) is 2.77. The number of fused-ring (bicyclic) bond motifs is 3. The molecule has 0 saturated heterocycles. The van der Waals surface area contributed by atoms with Crippen LogP contribution in [0.3, 0.4) is 0 Å². The van der Waals surface area contributed by atoms with Crippen molar-refractivity contribution in [1.82, 2.24) is 0 Å². The van der Waals surface area contributed by atoms with Gasteiger partial charge >= 0.3 is 0 Å². The minimum absolute atomic E-state index is 0.139. The van der Waals surface area contributed by atoms with Crippen molar-refractivity contribution in [1.29, 1.82) is 0 Å². The van der Waals surface area contributed by atoms with Gasteiger partial charge in [0.25, 0.3) is 5.91 Å². The summed E-state index contributed by atoms with van der Waals surface area (Å²) in [6.07, 6.45) is 1.09. The van der Waals surface area contributed by atoms with Crippen molar-refractivity contribution in [3.8, 4) is 5.75 Å². The fraction of sp³-hybridized carbons (Fsp3) is 0.0952. The van der Waals surface area contributed by atoms with Crippen LogP contribution in [-0.2, 0) is 4.79 Å². The average Bonchev–Trinajstić information content (AvgIpc) is 2.66. The number of anilines is 1. The lowest BCUT2D eigenvalue weighted by molar-refractivity contribution is -0.114. The standard InChI is InChI=1S/C21H16ClNO2/c1-2-20(24)23-13-19(15-7-10-16(22)11-8-15)25-18-12-9-14-5-3-4-6-17(14)21(18)23/h2-12,19H,1,13H2. The van der Waals surface area contributed by atoms with E-state index in [1.807, 2.05) is 60.7 Å².